The standard InChI is InChI=1S/C15H25NO4/c1-15(2)11(8-12(15)20-3)16-13(17)9-4-6-10(7-5-9)14(18)19/h9-12H,4-8H2,1-3H3,(H,16,17)(H,18,19). The summed E-state index contributed by atoms with van der Waals surface area (Å²) in [7, 11) is 1.71. The van der Waals surface area contributed by atoms with Gasteiger partial charge >= 0.3 is 5.97 Å². The molecule has 0 bridgehead atoms. The lowest BCUT2D eigenvalue weighted by atomic mass is 9.64. The molecule has 2 N–H and O–H groups in total. The average Bonchev–Trinajstić information content (AvgIpc) is 2.42. The molecule has 20 heavy (non-hydrogen) atoms. The lowest BCUT2D eigenvalue weighted by molar-refractivity contribution is -0.145. The van der Waals surface area contributed by atoms with E-state index in [0.717, 1.165) is 6.42 Å². The van der Waals surface area contributed by atoms with Crippen molar-refractivity contribution in [3.63, 3.8) is 0 Å². The SMILES string of the molecule is COC1CC(NC(=O)C2CCC(C(=O)O)CC2)C1(C)C. The van der Waals surface area contributed by atoms with E-state index in [0.29, 0.717) is 25.7 Å². The summed E-state index contributed by atoms with van der Waals surface area (Å²) in [6.07, 6.45) is 3.66. The molecule has 2 fully saturated rings. The molecule has 0 spiro atoms. The van der Waals surface area contributed by atoms with Crippen molar-refractivity contribution in [3.05, 3.63) is 0 Å². The van der Waals surface area contributed by atoms with E-state index in [1.165, 1.54) is 0 Å². The first-order valence-electron chi connectivity index (χ1n) is 7.42. The molecular weight excluding hydrogens is 258 g/mol. The number of hydrogen-bond donors (Lipinski definition) is 2. The second-order valence-electron chi connectivity index (χ2n) is 6.73. The van der Waals surface area contributed by atoms with Crippen LogP contribution in [-0.2, 0) is 14.3 Å². The zero-order valence-electron chi connectivity index (χ0n) is 12.5. The second-order valence-corrected chi connectivity index (χ2v) is 6.73. The highest BCUT2D eigenvalue weighted by Crippen LogP contribution is 2.42. The number of carbonyl (C=O) groups is 2. The molecule has 2 unspecified atom stereocenters. The molecule has 2 atom stereocenters. The minimum Gasteiger partial charge on any atom is -0.481 e. The van der Waals surface area contributed by atoms with Crippen LogP contribution in [0.3, 0.4) is 0 Å². The van der Waals surface area contributed by atoms with Crippen LogP contribution in [0.4, 0.5) is 0 Å². The highest BCUT2D eigenvalue weighted by atomic mass is 16.5. The highest BCUT2D eigenvalue weighted by molar-refractivity contribution is 5.79. The summed E-state index contributed by atoms with van der Waals surface area (Å²) in [6, 6.07) is 0.164. The van der Waals surface area contributed by atoms with Gasteiger partial charge < -0.3 is 15.2 Å². The average molecular weight is 283 g/mol. The maximum atomic E-state index is 12.3. The Morgan fingerprint density at radius 1 is 1.15 bits per heavy atom. The minimum absolute atomic E-state index is 0.0250. The van der Waals surface area contributed by atoms with E-state index in [1.807, 2.05) is 0 Å². The van der Waals surface area contributed by atoms with Crippen LogP contribution in [0.5, 0.6) is 0 Å². The number of carbonyl (C=O) groups excluding carboxylic acids is 1. The monoisotopic (exact) mass is 283 g/mol. The molecule has 2 saturated carbocycles. The maximum absolute atomic E-state index is 12.3. The molecule has 114 valence electrons. The predicted molar refractivity (Wildman–Crippen MR) is 74.2 cm³/mol. The van der Waals surface area contributed by atoms with Crippen LogP contribution < -0.4 is 5.32 Å². The zero-order chi connectivity index (χ0) is 14.9. The van der Waals surface area contributed by atoms with Crippen molar-refractivity contribution in [2.75, 3.05) is 7.11 Å². The summed E-state index contributed by atoms with van der Waals surface area (Å²) in [6.45, 7) is 4.22. The fraction of sp³-hybridized carbons (Fsp3) is 0.867. The summed E-state index contributed by atoms with van der Waals surface area (Å²) < 4.78 is 5.38. The van der Waals surface area contributed by atoms with E-state index in [2.05, 4.69) is 19.2 Å². The van der Waals surface area contributed by atoms with Gasteiger partial charge in [0.2, 0.25) is 5.91 Å². The first kappa shape index (κ1) is 15.3. The predicted octanol–water partition coefficient (Wildman–Crippen LogP) is 1.81. The number of nitrogens with one attached hydrogen (secondary N) is 1. The molecule has 0 aliphatic heterocycles. The Bertz CT molecular complexity index is 385. The van der Waals surface area contributed by atoms with Crippen LogP contribution in [-0.4, -0.2) is 36.2 Å². The number of carboxylic acids is 1. The van der Waals surface area contributed by atoms with E-state index in [4.69, 9.17) is 9.84 Å². The molecule has 1 amide bonds. The molecule has 0 radical (unpaired) electrons. The summed E-state index contributed by atoms with van der Waals surface area (Å²) in [5.41, 5.74) is -0.0251. The Labute approximate surface area is 120 Å². The van der Waals surface area contributed by atoms with Crippen molar-refractivity contribution in [1.29, 1.82) is 0 Å². The number of hydrogen-bond acceptors (Lipinski definition) is 3. The summed E-state index contributed by atoms with van der Waals surface area (Å²) in [5.74, 6) is -0.937. The van der Waals surface area contributed by atoms with Crippen molar-refractivity contribution in [1.82, 2.24) is 5.32 Å². The number of aliphatic carboxylic acids is 1. The fourth-order valence-electron chi connectivity index (χ4n) is 3.42. The lowest BCUT2D eigenvalue weighted by Crippen LogP contribution is -2.62. The van der Waals surface area contributed by atoms with Crippen molar-refractivity contribution in [2.24, 2.45) is 17.3 Å². The Morgan fingerprint density at radius 3 is 2.15 bits per heavy atom. The Kier molecular flexibility index (Phi) is 4.37. The molecule has 0 aromatic carbocycles. The van der Waals surface area contributed by atoms with Crippen LogP contribution in [0.1, 0.15) is 46.0 Å². The largest absolute Gasteiger partial charge is 0.481 e. The molecule has 0 aromatic heterocycles. The Balaban J connectivity index is 1.81. The van der Waals surface area contributed by atoms with Crippen molar-refractivity contribution < 1.29 is 19.4 Å². The van der Waals surface area contributed by atoms with E-state index >= 15 is 0 Å². The Hall–Kier alpha value is -1.10. The van der Waals surface area contributed by atoms with E-state index < -0.39 is 5.97 Å². The third-order valence-electron chi connectivity index (χ3n) is 5.23. The summed E-state index contributed by atoms with van der Waals surface area (Å²) >= 11 is 0. The lowest BCUT2D eigenvalue weighted by Gasteiger charge is -2.51. The topological polar surface area (TPSA) is 75.6 Å². The van der Waals surface area contributed by atoms with Crippen LogP contribution in [0.2, 0.25) is 0 Å². The normalized spacial score (nSPS) is 36.0. The first-order chi connectivity index (χ1) is 9.36. The number of methoxy groups -OCH3 is 1. The van der Waals surface area contributed by atoms with E-state index in [-0.39, 0.29) is 35.3 Å². The van der Waals surface area contributed by atoms with Crippen molar-refractivity contribution >= 4 is 11.9 Å². The van der Waals surface area contributed by atoms with Gasteiger partial charge in [-0.15, -0.1) is 0 Å². The molecule has 2 aliphatic carbocycles. The second kappa shape index (κ2) is 5.72. The van der Waals surface area contributed by atoms with Gasteiger partial charge in [0.25, 0.3) is 0 Å². The van der Waals surface area contributed by atoms with Crippen molar-refractivity contribution in [2.45, 2.75) is 58.1 Å². The molecule has 0 aromatic rings. The zero-order valence-corrected chi connectivity index (χ0v) is 12.5. The van der Waals surface area contributed by atoms with Gasteiger partial charge in [-0.2, -0.15) is 0 Å². The number of ether oxygens (including phenoxy) is 1. The number of rotatable bonds is 4. The quantitative estimate of drug-likeness (QED) is 0.825. The molecule has 5 heteroatoms. The summed E-state index contributed by atoms with van der Waals surface area (Å²) in [4.78, 5) is 23.2. The maximum Gasteiger partial charge on any atom is 0.306 e. The van der Waals surface area contributed by atoms with E-state index in [9.17, 15) is 9.59 Å². The number of carboxylic acid groups (broad SMARTS) is 1. The molecular formula is C15H25NO4. The van der Waals surface area contributed by atoms with Gasteiger partial charge in [-0.1, -0.05) is 13.8 Å². The fourth-order valence-corrected chi connectivity index (χ4v) is 3.42. The van der Waals surface area contributed by atoms with Gasteiger partial charge in [-0.25, -0.2) is 0 Å². The van der Waals surface area contributed by atoms with Gasteiger partial charge in [-0.05, 0) is 32.1 Å². The minimum atomic E-state index is -0.730. The van der Waals surface area contributed by atoms with Crippen LogP contribution >= 0.6 is 0 Å². The van der Waals surface area contributed by atoms with Gasteiger partial charge in [0.05, 0.1) is 12.0 Å². The van der Waals surface area contributed by atoms with Crippen molar-refractivity contribution in [3.8, 4) is 0 Å². The number of amides is 1. The third kappa shape index (κ3) is 2.82. The molecule has 2 rings (SSSR count). The van der Waals surface area contributed by atoms with Crippen LogP contribution in [0, 0.1) is 17.3 Å². The smallest absolute Gasteiger partial charge is 0.306 e. The van der Waals surface area contributed by atoms with Crippen LogP contribution in [0.15, 0.2) is 0 Å². The molecule has 2 aliphatic rings. The van der Waals surface area contributed by atoms with E-state index in [1.54, 1.807) is 7.11 Å². The van der Waals surface area contributed by atoms with Gasteiger partial charge in [0.15, 0.2) is 0 Å². The summed E-state index contributed by atoms with van der Waals surface area (Å²) in [5, 5.41) is 12.1. The molecule has 0 heterocycles. The molecule has 0 saturated heterocycles. The highest BCUT2D eigenvalue weighted by Gasteiger charge is 2.49. The van der Waals surface area contributed by atoms with Gasteiger partial charge in [0, 0.05) is 24.5 Å². The van der Waals surface area contributed by atoms with Crippen LogP contribution in [0.25, 0.3) is 0 Å². The first-order valence-corrected chi connectivity index (χ1v) is 7.42. The third-order valence-corrected chi connectivity index (χ3v) is 5.23. The molecule has 5 nitrogen and oxygen atoms in total. The Morgan fingerprint density at radius 2 is 1.70 bits per heavy atom. The van der Waals surface area contributed by atoms with Gasteiger partial charge in [0.1, 0.15) is 0 Å². The van der Waals surface area contributed by atoms with Gasteiger partial charge in [-0.3, -0.25) is 9.59 Å².